The molecule has 0 bridgehead atoms. The Hall–Kier alpha value is -0.250. The number of aliphatic hydroxyl groups is 3. The zero-order chi connectivity index (χ0) is 22.1. The van der Waals surface area contributed by atoms with Crippen LogP contribution in [-0.4, -0.2) is 54.7 Å². The molecule has 4 N–H and O–H groups in total. The van der Waals surface area contributed by atoms with Crippen molar-refractivity contribution in [1.82, 2.24) is 0 Å². The molecule has 0 aromatic rings. The van der Waals surface area contributed by atoms with Crippen molar-refractivity contribution in [2.24, 2.45) is 0 Å². The summed E-state index contributed by atoms with van der Waals surface area (Å²) in [5.41, 5.74) is 0. The van der Waals surface area contributed by atoms with E-state index in [0.29, 0.717) is 13.0 Å². The first-order valence-corrected chi connectivity index (χ1v) is 12.8. The van der Waals surface area contributed by atoms with Crippen LogP contribution < -0.4 is 0 Å². The van der Waals surface area contributed by atoms with E-state index >= 15 is 0 Å². The van der Waals surface area contributed by atoms with E-state index in [0.717, 1.165) is 32.1 Å². The average molecular weight is 443 g/mol. The van der Waals surface area contributed by atoms with Gasteiger partial charge in [-0.15, -0.1) is 0 Å². The lowest BCUT2D eigenvalue weighted by Crippen LogP contribution is -2.04. The van der Waals surface area contributed by atoms with E-state index in [1.165, 1.54) is 70.6 Å². The predicted molar refractivity (Wildman–Crippen MR) is 117 cm³/mol. The highest BCUT2D eigenvalue weighted by Gasteiger charge is 2.02. The Labute approximate surface area is 178 Å². The zero-order valence-electron chi connectivity index (χ0n) is 18.3. The minimum atomic E-state index is -4.25. The van der Waals surface area contributed by atoms with Crippen LogP contribution in [0.15, 0.2) is 0 Å². The van der Waals surface area contributed by atoms with Gasteiger partial charge in [-0.2, -0.15) is 8.42 Å². The summed E-state index contributed by atoms with van der Waals surface area (Å²) in [6.07, 6.45) is 19.2. The normalized spacial score (nSPS) is 11.3. The first-order valence-electron chi connectivity index (χ1n) is 11.4. The van der Waals surface area contributed by atoms with Crippen LogP contribution in [0.2, 0.25) is 0 Å². The molecule has 0 fully saturated rings. The maximum absolute atomic E-state index is 10.3. The van der Waals surface area contributed by atoms with E-state index in [-0.39, 0.29) is 19.8 Å². The summed E-state index contributed by atoms with van der Waals surface area (Å²) in [5.74, 6) is 0. The van der Waals surface area contributed by atoms with E-state index in [1.807, 2.05) is 0 Å². The van der Waals surface area contributed by atoms with E-state index < -0.39 is 10.4 Å². The fourth-order valence-electron chi connectivity index (χ4n) is 2.90. The zero-order valence-corrected chi connectivity index (χ0v) is 19.1. The first kappa shape index (κ1) is 30.9. The fourth-order valence-corrected chi connectivity index (χ4v) is 3.23. The second-order valence-electron chi connectivity index (χ2n) is 7.43. The molecule has 0 saturated carbocycles. The van der Waals surface area contributed by atoms with Gasteiger partial charge in [0.25, 0.3) is 0 Å². The largest absolute Gasteiger partial charge is 0.397 e. The maximum Gasteiger partial charge on any atom is 0.397 e. The van der Waals surface area contributed by atoms with Crippen LogP contribution in [0.25, 0.3) is 0 Å². The topological polar surface area (TPSA) is 124 Å². The molecule has 29 heavy (non-hydrogen) atoms. The Morgan fingerprint density at radius 2 is 0.690 bits per heavy atom. The van der Waals surface area contributed by atoms with Crippen LogP contribution in [0.4, 0.5) is 0 Å². The van der Waals surface area contributed by atoms with Gasteiger partial charge in [0, 0.05) is 19.8 Å². The third-order valence-corrected chi connectivity index (χ3v) is 5.07. The average Bonchev–Trinajstić information content (AvgIpc) is 2.68. The molecule has 0 spiro atoms. The van der Waals surface area contributed by atoms with Crippen molar-refractivity contribution in [3.8, 4) is 0 Å². The molecule has 0 saturated heterocycles. The summed E-state index contributed by atoms with van der Waals surface area (Å²) in [6, 6.07) is 0. The second-order valence-corrected chi connectivity index (χ2v) is 8.52. The van der Waals surface area contributed by atoms with Gasteiger partial charge in [-0.3, -0.25) is 4.55 Å². The van der Waals surface area contributed by atoms with Crippen molar-refractivity contribution in [2.75, 3.05) is 26.4 Å². The summed E-state index contributed by atoms with van der Waals surface area (Å²) in [5, 5.41) is 24.8. The highest BCUT2D eigenvalue weighted by Crippen LogP contribution is 2.13. The predicted octanol–water partition coefficient (Wildman–Crippen LogP) is 4.40. The van der Waals surface area contributed by atoms with Gasteiger partial charge in [0.05, 0.1) is 6.61 Å². The number of hydrogen-bond acceptors (Lipinski definition) is 6. The number of rotatable bonds is 21. The molecule has 0 aromatic carbocycles. The Bertz CT molecular complexity index is 384. The fraction of sp³-hybridized carbons (Fsp3) is 1.00. The van der Waals surface area contributed by atoms with Gasteiger partial charge in [0.1, 0.15) is 0 Å². The lowest BCUT2D eigenvalue weighted by Gasteiger charge is -2.03. The Morgan fingerprint density at radius 1 is 0.448 bits per heavy atom. The maximum atomic E-state index is 10.3. The molecule has 7 nitrogen and oxygen atoms in total. The van der Waals surface area contributed by atoms with Crippen LogP contribution in [0.5, 0.6) is 0 Å². The minimum absolute atomic E-state index is 0.0822. The molecule has 0 radical (unpaired) electrons. The Morgan fingerprint density at radius 3 is 0.966 bits per heavy atom. The summed E-state index contributed by atoms with van der Waals surface area (Å²) < 4.78 is 33.3. The second kappa shape index (κ2) is 25.8. The van der Waals surface area contributed by atoms with Gasteiger partial charge in [-0.1, -0.05) is 83.5 Å². The van der Waals surface area contributed by atoms with Crippen LogP contribution in [0, 0.1) is 0 Å². The third kappa shape index (κ3) is 35.6. The Kier molecular flexibility index (Phi) is 27.5. The van der Waals surface area contributed by atoms with Crippen LogP contribution >= 0.6 is 0 Å². The van der Waals surface area contributed by atoms with Crippen molar-refractivity contribution < 1.29 is 32.5 Å². The van der Waals surface area contributed by atoms with Crippen molar-refractivity contribution in [2.45, 2.75) is 109 Å². The molecule has 0 aliphatic heterocycles. The van der Waals surface area contributed by atoms with Crippen LogP contribution in [0.1, 0.15) is 109 Å². The van der Waals surface area contributed by atoms with Crippen LogP contribution in [0.3, 0.4) is 0 Å². The minimum Gasteiger partial charge on any atom is -0.396 e. The molecule has 0 aromatic heterocycles. The summed E-state index contributed by atoms with van der Waals surface area (Å²) in [6.45, 7) is 0.804. The lowest BCUT2D eigenvalue weighted by molar-refractivity contribution is 0.242. The van der Waals surface area contributed by atoms with E-state index in [1.54, 1.807) is 0 Å². The lowest BCUT2D eigenvalue weighted by atomic mass is 10.0. The Balaban J connectivity index is 0. The first-order chi connectivity index (χ1) is 14.0. The van der Waals surface area contributed by atoms with Gasteiger partial charge in [-0.05, 0) is 25.7 Å². The van der Waals surface area contributed by atoms with E-state index in [4.69, 9.17) is 19.9 Å². The monoisotopic (exact) mass is 442 g/mol. The molecule has 178 valence electrons. The van der Waals surface area contributed by atoms with Crippen LogP contribution in [-0.2, 0) is 14.6 Å². The number of unbranched alkanes of at least 4 members (excludes halogenated alkanes) is 15. The van der Waals surface area contributed by atoms with Gasteiger partial charge >= 0.3 is 10.4 Å². The molecule has 0 amide bonds. The molecule has 0 aliphatic rings. The standard InChI is InChI=1S/C17H36O5S.C4H10O2/c18-16-14-12-10-8-6-4-2-1-3-5-7-9-11-13-15-17-22-23(19,20)21;5-3-1-2-4-6/h18H,1-17H2,(H,19,20,21);5-6H,1-4H2. The highest BCUT2D eigenvalue weighted by molar-refractivity contribution is 7.80. The van der Waals surface area contributed by atoms with Gasteiger partial charge in [0.15, 0.2) is 0 Å². The molecule has 0 atom stereocenters. The van der Waals surface area contributed by atoms with E-state index in [9.17, 15) is 8.42 Å². The molecular formula is C21H46O7S. The van der Waals surface area contributed by atoms with Gasteiger partial charge in [0.2, 0.25) is 0 Å². The molecule has 0 heterocycles. The summed E-state index contributed by atoms with van der Waals surface area (Å²) in [7, 11) is -4.25. The number of aliphatic hydroxyl groups excluding tert-OH is 3. The third-order valence-electron chi connectivity index (χ3n) is 4.60. The number of hydrogen-bond donors (Lipinski definition) is 4. The summed E-state index contributed by atoms with van der Waals surface area (Å²) in [4.78, 5) is 0. The highest BCUT2D eigenvalue weighted by atomic mass is 32.3. The molecule has 0 unspecified atom stereocenters. The summed E-state index contributed by atoms with van der Waals surface area (Å²) >= 11 is 0. The van der Waals surface area contributed by atoms with Crippen molar-refractivity contribution in [3.63, 3.8) is 0 Å². The quantitative estimate of drug-likeness (QED) is 0.153. The molecule has 8 heteroatoms. The van der Waals surface area contributed by atoms with Gasteiger partial charge < -0.3 is 15.3 Å². The SMILES string of the molecule is O=S(=O)(O)OCCCCCCCCCCCCCCCCCO.OCCCCO. The van der Waals surface area contributed by atoms with Gasteiger partial charge in [-0.25, -0.2) is 4.18 Å². The molecular weight excluding hydrogens is 396 g/mol. The van der Waals surface area contributed by atoms with E-state index in [2.05, 4.69) is 4.18 Å². The molecule has 0 rings (SSSR count). The van der Waals surface area contributed by atoms with Crippen molar-refractivity contribution >= 4 is 10.4 Å². The molecule has 0 aliphatic carbocycles. The smallest absolute Gasteiger partial charge is 0.396 e. The van der Waals surface area contributed by atoms with Crippen molar-refractivity contribution in [1.29, 1.82) is 0 Å². The van der Waals surface area contributed by atoms with Crippen molar-refractivity contribution in [3.05, 3.63) is 0 Å².